The zero-order valence-electron chi connectivity index (χ0n) is 12.2. The van der Waals surface area contributed by atoms with E-state index in [0.29, 0.717) is 6.42 Å². The Hall–Kier alpha value is -1.81. The van der Waals surface area contributed by atoms with Gasteiger partial charge in [0, 0.05) is 23.2 Å². The van der Waals surface area contributed by atoms with Gasteiger partial charge in [-0.15, -0.1) is 0 Å². The van der Waals surface area contributed by atoms with Gasteiger partial charge < -0.3 is 10.6 Å². The number of benzene rings is 2. The summed E-state index contributed by atoms with van der Waals surface area (Å²) < 4.78 is 1.07. The largest absolute Gasteiger partial charge is 0.378 e. The van der Waals surface area contributed by atoms with E-state index in [2.05, 4.69) is 45.6 Å². The molecule has 0 saturated carbocycles. The Bertz CT molecular complexity index is 610. The molecule has 4 heteroatoms. The van der Waals surface area contributed by atoms with Gasteiger partial charge in [0.15, 0.2) is 0 Å². The van der Waals surface area contributed by atoms with Crippen molar-refractivity contribution in [2.45, 2.75) is 19.4 Å². The van der Waals surface area contributed by atoms with Crippen molar-refractivity contribution < 1.29 is 4.79 Å². The Balaban J connectivity index is 2.15. The molecule has 0 bridgehead atoms. The zero-order chi connectivity index (χ0) is 15.2. The van der Waals surface area contributed by atoms with Crippen molar-refractivity contribution in [2.75, 3.05) is 12.4 Å². The maximum atomic E-state index is 11.6. The Kier molecular flexibility index (Phi) is 5.39. The van der Waals surface area contributed by atoms with E-state index in [0.717, 1.165) is 15.7 Å². The van der Waals surface area contributed by atoms with Crippen molar-refractivity contribution in [2.24, 2.45) is 0 Å². The van der Waals surface area contributed by atoms with Crippen LogP contribution in [0.1, 0.15) is 24.1 Å². The molecule has 0 aliphatic heterocycles. The zero-order valence-corrected chi connectivity index (χ0v) is 13.8. The molecule has 2 rings (SSSR count). The molecule has 1 atom stereocenters. The van der Waals surface area contributed by atoms with E-state index in [4.69, 9.17) is 0 Å². The lowest BCUT2D eigenvalue weighted by atomic mass is 10.1. The van der Waals surface area contributed by atoms with Gasteiger partial charge >= 0.3 is 0 Å². The van der Waals surface area contributed by atoms with Crippen molar-refractivity contribution in [3.63, 3.8) is 0 Å². The van der Waals surface area contributed by atoms with Crippen molar-refractivity contribution in [3.05, 3.63) is 64.1 Å². The third kappa shape index (κ3) is 4.33. The molecule has 0 fully saturated rings. The van der Waals surface area contributed by atoms with Gasteiger partial charge in [0.25, 0.3) is 0 Å². The highest BCUT2D eigenvalue weighted by Crippen LogP contribution is 2.24. The molecule has 1 amide bonds. The molecule has 1 unspecified atom stereocenters. The molecule has 21 heavy (non-hydrogen) atoms. The second-order valence-electron chi connectivity index (χ2n) is 4.92. The molecule has 0 radical (unpaired) electrons. The number of carbonyl (C=O) groups is 1. The number of anilines is 1. The number of rotatable bonds is 5. The molecule has 0 spiro atoms. The topological polar surface area (TPSA) is 41.1 Å². The van der Waals surface area contributed by atoms with Crippen LogP contribution in [-0.2, 0) is 11.2 Å². The van der Waals surface area contributed by atoms with E-state index in [9.17, 15) is 4.79 Å². The van der Waals surface area contributed by atoms with Gasteiger partial charge in [-0.2, -0.15) is 0 Å². The second kappa shape index (κ2) is 7.27. The number of para-hydroxylation sites is 1. The first-order valence-corrected chi connectivity index (χ1v) is 7.70. The number of carbonyl (C=O) groups excluding carboxylic acids is 1. The van der Waals surface area contributed by atoms with Gasteiger partial charge in [-0.25, -0.2) is 0 Å². The van der Waals surface area contributed by atoms with E-state index in [1.54, 1.807) is 7.05 Å². The van der Waals surface area contributed by atoms with Crippen LogP contribution in [0.25, 0.3) is 0 Å². The molecule has 0 saturated heterocycles. The van der Waals surface area contributed by atoms with Crippen molar-refractivity contribution in [3.8, 4) is 0 Å². The summed E-state index contributed by atoms with van der Waals surface area (Å²) in [6, 6.07) is 16.3. The number of hydrogen-bond acceptors (Lipinski definition) is 2. The third-order valence-corrected chi connectivity index (χ3v) is 3.92. The van der Waals surface area contributed by atoms with Crippen LogP contribution in [0.4, 0.5) is 5.69 Å². The van der Waals surface area contributed by atoms with Gasteiger partial charge in [-0.05, 0) is 36.2 Å². The summed E-state index contributed by atoms with van der Waals surface area (Å²) in [5.41, 5.74) is 3.20. The second-order valence-corrected chi connectivity index (χ2v) is 5.84. The molecule has 0 aliphatic carbocycles. The van der Waals surface area contributed by atoms with Crippen LogP contribution in [-0.4, -0.2) is 13.0 Å². The van der Waals surface area contributed by atoms with E-state index in [1.807, 2.05) is 36.4 Å². The van der Waals surface area contributed by atoms with Gasteiger partial charge in [0.05, 0.1) is 6.42 Å². The quantitative estimate of drug-likeness (QED) is 0.861. The Morgan fingerprint density at radius 1 is 1.14 bits per heavy atom. The fourth-order valence-corrected chi connectivity index (χ4v) is 2.41. The SMILES string of the molecule is CNC(=O)Cc1ccccc1NC(C)c1ccc(Br)cc1. The van der Waals surface area contributed by atoms with E-state index in [-0.39, 0.29) is 11.9 Å². The minimum Gasteiger partial charge on any atom is -0.378 e. The molecule has 110 valence electrons. The van der Waals surface area contributed by atoms with Crippen LogP contribution in [0.15, 0.2) is 53.0 Å². The van der Waals surface area contributed by atoms with E-state index < -0.39 is 0 Å². The van der Waals surface area contributed by atoms with Crippen molar-refractivity contribution >= 4 is 27.5 Å². The summed E-state index contributed by atoms with van der Waals surface area (Å²) in [5, 5.41) is 6.14. The number of likely N-dealkylation sites (N-methyl/N-ethyl adjacent to an activating group) is 1. The lowest BCUT2D eigenvalue weighted by Crippen LogP contribution is -2.20. The summed E-state index contributed by atoms with van der Waals surface area (Å²) >= 11 is 3.44. The number of nitrogens with one attached hydrogen (secondary N) is 2. The molecule has 0 heterocycles. The third-order valence-electron chi connectivity index (χ3n) is 3.39. The molecule has 2 aromatic rings. The molecular weight excluding hydrogens is 328 g/mol. The minimum atomic E-state index is 0.0144. The monoisotopic (exact) mass is 346 g/mol. The molecule has 0 aliphatic rings. The average Bonchev–Trinajstić information content (AvgIpc) is 2.49. The Morgan fingerprint density at radius 3 is 2.48 bits per heavy atom. The van der Waals surface area contributed by atoms with Crippen LogP contribution in [0.3, 0.4) is 0 Å². The maximum absolute atomic E-state index is 11.6. The van der Waals surface area contributed by atoms with E-state index in [1.165, 1.54) is 5.56 Å². The minimum absolute atomic E-state index is 0.0144. The van der Waals surface area contributed by atoms with Crippen LogP contribution in [0.2, 0.25) is 0 Å². The standard InChI is InChI=1S/C17H19BrN2O/c1-12(13-7-9-15(18)10-8-13)20-16-6-4-3-5-14(16)11-17(21)19-2/h3-10,12,20H,11H2,1-2H3,(H,19,21). The number of halogens is 1. The molecule has 0 aromatic heterocycles. The van der Waals surface area contributed by atoms with Crippen LogP contribution < -0.4 is 10.6 Å². The molecule has 3 nitrogen and oxygen atoms in total. The van der Waals surface area contributed by atoms with Gasteiger partial charge in [0.1, 0.15) is 0 Å². The Morgan fingerprint density at radius 2 is 1.81 bits per heavy atom. The van der Waals surface area contributed by atoms with Gasteiger partial charge in [0.2, 0.25) is 5.91 Å². The fraction of sp³-hybridized carbons (Fsp3) is 0.235. The predicted molar refractivity (Wildman–Crippen MR) is 90.4 cm³/mol. The summed E-state index contributed by atoms with van der Waals surface area (Å²) in [6.07, 6.45) is 0.382. The highest BCUT2D eigenvalue weighted by atomic mass is 79.9. The molecule has 2 aromatic carbocycles. The number of amides is 1. The fourth-order valence-electron chi connectivity index (χ4n) is 2.14. The molecule has 2 N–H and O–H groups in total. The summed E-state index contributed by atoms with van der Waals surface area (Å²) in [7, 11) is 1.66. The molecular formula is C17H19BrN2O. The number of hydrogen-bond donors (Lipinski definition) is 2. The smallest absolute Gasteiger partial charge is 0.224 e. The maximum Gasteiger partial charge on any atom is 0.224 e. The first-order valence-electron chi connectivity index (χ1n) is 6.90. The van der Waals surface area contributed by atoms with Crippen molar-refractivity contribution in [1.29, 1.82) is 0 Å². The highest BCUT2D eigenvalue weighted by molar-refractivity contribution is 9.10. The van der Waals surface area contributed by atoms with E-state index >= 15 is 0 Å². The van der Waals surface area contributed by atoms with Crippen LogP contribution in [0.5, 0.6) is 0 Å². The van der Waals surface area contributed by atoms with Crippen LogP contribution in [0, 0.1) is 0 Å². The lowest BCUT2D eigenvalue weighted by Gasteiger charge is -2.18. The highest BCUT2D eigenvalue weighted by Gasteiger charge is 2.10. The summed E-state index contributed by atoms with van der Waals surface area (Å²) in [4.78, 5) is 11.6. The normalized spacial score (nSPS) is 11.8. The lowest BCUT2D eigenvalue weighted by molar-refractivity contribution is -0.119. The van der Waals surface area contributed by atoms with Gasteiger partial charge in [-0.1, -0.05) is 46.3 Å². The predicted octanol–water partition coefficient (Wildman–Crippen LogP) is 3.91. The van der Waals surface area contributed by atoms with Gasteiger partial charge in [-0.3, -0.25) is 4.79 Å². The Labute approximate surface area is 133 Å². The van der Waals surface area contributed by atoms with Crippen LogP contribution >= 0.6 is 15.9 Å². The summed E-state index contributed by atoms with van der Waals surface area (Å²) in [6.45, 7) is 2.11. The average molecular weight is 347 g/mol. The first kappa shape index (κ1) is 15.6. The first-order chi connectivity index (χ1) is 10.1. The summed E-state index contributed by atoms with van der Waals surface area (Å²) in [5.74, 6) is 0.0144. The van der Waals surface area contributed by atoms with Crippen molar-refractivity contribution in [1.82, 2.24) is 5.32 Å².